The minimum absolute atomic E-state index is 0.314. The van der Waals surface area contributed by atoms with Crippen molar-refractivity contribution >= 4 is 49.7 Å². The number of fused-ring (bicyclic) bond motifs is 7. The van der Waals surface area contributed by atoms with Crippen LogP contribution in [0.4, 0.5) is 0 Å². The number of carbonyl (C=O) groups is 1. The summed E-state index contributed by atoms with van der Waals surface area (Å²) in [7, 11) is 0. The number of nitrogens with zero attached hydrogens (tertiary/aromatic N) is 1. The molecule has 0 saturated heterocycles. The van der Waals surface area contributed by atoms with Gasteiger partial charge in [0.05, 0.1) is 23.2 Å². The van der Waals surface area contributed by atoms with E-state index in [1.807, 2.05) is 19.9 Å². The van der Waals surface area contributed by atoms with Crippen LogP contribution in [0, 0.1) is 13.8 Å². The van der Waals surface area contributed by atoms with E-state index in [0.717, 1.165) is 54.9 Å². The minimum atomic E-state index is -0.395. The van der Waals surface area contributed by atoms with Gasteiger partial charge in [0.25, 0.3) is 0 Å². The van der Waals surface area contributed by atoms with Crippen molar-refractivity contribution in [3.8, 4) is 0 Å². The van der Waals surface area contributed by atoms with Gasteiger partial charge in [-0.3, -0.25) is 0 Å². The van der Waals surface area contributed by atoms with Gasteiger partial charge in [0.15, 0.2) is 5.69 Å². The zero-order valence-corrected chi connectivity index (χ0v) is 15.4. The zero-order chi connectivity index (χ0) is 18.7. The molecule has 2 N–H and O–H groups in total. The van der Waals surface area contributed by atoms with E-state index in [2.05, 4.69) is 47.2 Å². The Bertz CT molecular complexity index is 1370. The van der Waals surface area contributed by atoms with Crippen LogP contribution in [0.1, 0.15) is 28.5 Å². The van der Waals surface area contributed by atoms with Crippen LogP contribution in [0.3, 0.4) is 0 Å². The van der Waals surface area contributed by atoms with E-state index in [1.54, 1.807) is 0 Å². The summed E-state index contributed by atoms with van der Waals surface area (Å²) in [4.78, 5) is 24.5. The van der Waals surface area contributed by atoms with Gasteiger partial charge in [-0.25, -0.2) is 9.78 Å². The number of esters is 1. The molecule has 5 nitrogen and oxygen atoms in total. The maximum absolute atomic E-state index is 12.7. The molecule has 0 unspecified atom stereocenters. The fourth-order valence-corrected chi connectivity index (χ4v) is 3.84. The van der Waals surface area contributed by atoms with Gasteiger partial charge in [-0.2, -0.15) is 0 Å². The van der Waals surface area contributed by atoms with E-state index < -0.39 is 5.97 Å². The Labute approximate surface area is 155 Å². The number of pyridine rings is 1. The smallest absolute Gasteiger partial charge is 0.357 e. The van der Waals surface area contributed by atoms with Crippen molar-refractivity contribution in [3.63, 3.8) is 0 Å². The normalized spacial score (nSPS) is 11.8. The van der Waals surface area contributed by atoms with Crippen LogP contribution in [0.25, 0.3) is 43.7 Å². The van der Waals surface area contributed by atoms with E-state index in [1.165, 1.54) is 0 Å². The topological polar surface area (TPSA) is 70.8 Å². The second-order valence-electron chi connectivity index (χ2n) is 7.00. The number of H-pyrrole nitrogens is 2. The summed E-state index contributed by atoms with van der Waals surface area (Å²) in [5, 5.41) is 2.80. The second kappa shape index (κ2) is 5.58. The van der Waals surface area contributed by atoms with Crippen molar-refractivity contribution in [1.82, 2.24) is 15.0 Å². The molecule has 0 aliphatic rings. The van der Waals surface area contributed by atoms with Crippen LogP contribution in [-0.2, 0) is 4.74 Å². The summed E-state index contributed by atoms with van der Waals surface area (Å²) < 4.78 is 5.32. The van der Waals surface area contributed by atoms with E-state index in [4.69, 9.17) is 9.72 Å². The van der Waals surface area contributed by atoms with Gasteiger partial charge in [-0.1, -0.05) is 23.3 Å². The molecule has 0 fully saturated rings. The quantitative estimate of drug-likeness (QED) is 0.430. The van der Waals surface area contributed by atoms with Crippen LogP contribution in [-0.4, -0.2) is 27.5 Å². The highest BCUT2D eigenvalue weighted by atomic mass is 16.5. The number of carbonyl (C=O) groups excluding carboxylic acids is 1. The Hall–Kier alpha value is -3.34. The molecule has 5 rings (SSSR count). The molecular formula is C22H19N3O2. The van der Waals surface area contributed by atoms with E-state index >= 15 is 0 Å². The maximum atomic E-state index is 12.7. The lowest BCUT2D eigenvalue weighted by molar-refractivity contribution is 0.0522. The van der Waals surface area contributed by atoms with E-state index in [9.17, 15) is 4.79 Å². The van der Waals surface area contributed by atoms with Gasteiger partial charge >= 0.3 is 5.97 Å². The third-order valence-corrected chi connectivity index (χ3v) is 5.06. The summed E-state index contributed by atoms with van der Waals surface area (Å²) in [6.45, 7) is 6.21. The highest BCUT2D eigenvalue weighted by Crippen LogP contribution is 2.36. The molecule has 134 valence electrons. The Morgan fingerprint density at radius 2 is 1.59 bits per heavy atom. The number of hydrogen-bond donors (Lipinski definition) is 2. The molecule has 0 aliphatic carbocycles. The van der Waals surface area contributed by atoms with Gasteiger partial charge in [0.2, 0.25) is 0 Å². The number of aromatic nitrogens is 3. The van der Waals surface area contributed by atoms with Crippen molar-refractivity contribution in [3.05, 3.63) is 53.2 Å². The Kier molecular flexibility index (Phi) is 3.28. The minimum Gasteiger partial charge on any atom is -0.461 e. The molecule has 2 aromatic carbocycles. The third-order valence-electron chi connectivity index (χ3n) is 5.06. The van der Waals surface area contributed by atoms with Crippen molar-refractivity contribution < 1.29 is 9.53 Å². The second-order valence-corrected chi connectivity index (χ2v) is 7.00. The standard InChI is InChI=1S/C22H19N3O2/c1-4-27-22(26)20-17-13-9-11(2)5-7-15(13)23-19(17)21-18(25-20)14-10-12(3)6-8-16(14)24-21/h5-10,23-24H,4H2,1-3H3. The van der Waals surface area contributed by atoms with Gasteiger partial charge in [0, 0.05) is 27.2 Å². The fraction of sp³-hybridized carbons (Fsp3) is 0.182. The molecule has 5 heteroatoms. The predicted molar refractivity (Wildman–Crippen MR) is 108 cm³/mol. The molecule has 5 aromatic rings. The lowest BCUT2D eigenvalue weighted by Crippen LogP contribution is -2.07. The Balaban J connectivity index is 2.02. The molecule has 0 spiro atoms. The summed E-state index contributed by atoms with van der Waals surface area (Å²) in [5.41, 5.74) is 7.20. The Morgan fingerprint density at radius 1 is 0.963 bits per heavy atom. The average Bonchev–Trinajstić information content (AvgIpc) is 3.19. The molecule has 3 heterocycles. The number of rotatable bonds is 2. The SMILES string of the molecule is CCOC(=O)c1nc2c3cc(C)ccc3[nH]c2c2[nH]c3ccc(C)cc3c12. The predicted octanol–water partition coefficient (Wildman–Crippen LogP) is 5.14. The molecule has 0 radical (unpaired) electrons. The van der Waals surface area contributed by atoms with Gasteiger partial charge in [0.1, 0.15) is 0 Å². The molecule has 0 bridgehead atoms. The monoisotopic (exact) mass is 357 g/mol. The van der Waals surface area contributed by atoms with E-state index in [0.29, 0.717) is 12.3 Å². The number of hydrogen-bond acceptors (Lipinski definition) is 3. The van der Waals surface area contributed by atoms with Crippen LogP contribution in [0.2, 0.25) is 0 Å². The zero-order valence-electron chi connectivity index (χ0n) is 15.4. The molecule has 0 atom stereocenters. The first-order valence-corrected chi connectivity index (χ1v) is 9.08. The van der Waals surface area contributed by atoms with Crippen molar-refractivity contribution in [2.75, 3.05) is 6.61 Å². The third kappa shape index (κ3) is 2.24. The number of nitrogens with one attached hydrogen (secondary N) is 2. The summed E-state index contributed by atoms with van der Waals surface area (Å²) in [5.74, 6) is -0.395. The molecule has 27 heavy (non-hydrogen) atoms. The summed E-state index contributed by atoms with van der Waals surface area (Å²) in [6.07, 6.45) is 0. The first kappa shape index (κ1) is 15.9. The lowest BCUT2D eigenvalue weighted by atomic mass is 10.1. The van der Waals surface area contributed by atoms with Gasteiger partial charge < -0.3 is 14.7 Å². The molecule has 0 aliphatic heterocycles. The highest BCUT2D eigenvalue weighted by molar-refractivity contribution is 6.24. The molecular weight excluding hydrogens is 338 g/mol. The highest BCUT2D eigenvalue weighted by Gasteiger charge is 2.22. The number of aryl methyl sites for hydroxylation is 2. The average molecular weight is 357 g/mol. The molecule has 0 saturated carbocycles. The first-order chi connectivity index (χ1) is 13.1. The van der Waals surface area contributed by atoms with Crippen molar-refractivity contribution in [2.24, 2.45) is 0 Å². The summed E-state index contributed by atoms with van der Waals surface area (Å²) >= 11 is 0. The number of ether oxygens (including phenoxy) is 1. The fourth-order valence-electron chi connectivity index (χ4n) is 3.84. The van der Waals surface area contributed by atoms with Crippen LogP contribution in [0.15, 0.2) is 36.4 Å². The first-order valence-electron chi connectivity index (χ1n) is 9.08. The van der Waals surface area contributed by atoms with Gasteiger partial charge in [-0.05, 0) is 45.0 Å². The van der Waals surface area contributed by atoms with Crippen LogP contribution < -0.4 is 0 Å². The number of aromatic amines is 2. The maximum Gasteiger partial charge on any atom is 0.357 e. The Morgan fingerprint density at radius 3 is 2.30 bits per heavy atom. The van der Waals surface area contributed by atoms with Gasteiger partial charge in [-0.15, -0.1) is 0 Å². The summed E-state index contributed by atoms with van der Waals surface area (Å²) in [6, 6.07) is 12.4. The number of benzene rings is 2. The lowest BCUT2D eigenvalue weighted by Gasteiger charge is -2.05. The largest absolute Gasteiger partial charge is 0.461 e. The van der Waals surface area contributed by atoms with Crippen molar-refractivity contribution in [2.45, 2.75) is 20.8 Å². The van der Waals surface area contributed by atoms with E-state index in [-0.39, 0.29) is 0 Å². The van der Waals surface area contributed by atoms with Crippen molar-refractivity contribution in [1.29, 1.82) is 0 Å². The molecule has 3 aromatic heterocycles. The van der Waals surface area contributed by atoms with Crippen LogP contribution >= 0.6 is 0 Å². The van der Waals surface area contributed by atoms with Crippen LogP contribution in [0.5, 0.6) is 0 Å². The molecule has 0 amide bonds.